The standard InChI is InChI=1S/C21H22FN3O2/c1-25(2)20(16-7-3-9-17(22)14-16)21(26)24-12-13-27-18-10-4-6-15-8-5-11-23-19(15)18/h3-11,14,20H,12-13H2,1-2H3,(H,24,26). The fourth-order valence-corrected chi connectivity index (χ4v) is 2.99. The number of fused-ring (bicyclic) bond motifs is 1. The molecule has 0 saturated carbocycles. The van der Waals surface area contributed by atoms with Crippen molar-refractivity contribution in [2.75, 3.05) is 27.2 Å². The number of hydrogen-bond acceptors (Lipinski definition) is 4. The molecule has 0 aliphatic heterocycles. The van der Waals surface area contributed by atoms with Crippen LogP contribution in [0.15, 0.2) is 60.8 Å². The van der Waals surface area contributed by atoms with Gasteiger partial charge in [-0.05, 0) is 43.9 Å². The Morgan fingerprint density at radius 3 is 2.74 bits per heavy atom. The minimum absolute atomic E-state index is 0.203. The second-order valence-electron chi connectivity index (χ2n) is 6.39. The van der Waals surface area contributed by atoms with E-state index in [9.17, 15) is 9.18 Å². The van der Waals surface area contributed by atoms with Gasteiger partial charge in [0.15, 0.2) is 0 Å². The summed E-state index contributed by atoms with van der Waals surface area (Å²) in [6.07, 6.45) is 1.72. The lowest BCUT2D eigenvalue weighted by Crippen LogP contribution is -2.38. The first-order valence-electron chi connectivity index (χ1n) is 8.72. The first kappa shape index (κ1) is 18.8. The number of ether oxygens (including phenoxy) is 1. The van der Waals surface area contributed by atoms with Gasteiger partial charge in [-0.2, -0.15) is 0 Å². The van der Waals surface area contributed by atoms with Gasteiger partial charge >= 0.3 is 0 Å². The molecule has 0 aliphatic carbocycles. The Balaban J connectivity index is 1.59. The number of para-hydroxylation sites is 1. The largest absolute Gasteiger partial charge is 0.489 e. The number of halogens is 1. The number of rotatable bonds is 7. The molecule has 3 rings (SSSR count). The van der Waals surface area contributed by atoms with Gasteiger partial charge in [0.1, 0.15) is 29.7 Å². The van der Waals surface area contributed by atoms with Gasteiger partial charge in [0.25, 0.3) is 0 Å². The molecule has 1 amide bonds. The zero-order valence-electron chi connectivity index (χ0n) is 15.4. The van der Waals surface area contributed by atoms with Gasteiger partial charge in [-0.3, -0.25) is 14.7 Å². The summed E-state index contributed by atoms with van der Waals surface area (Å²) in [4.78, 5) is 18.7. The maximum atomic E-state index is 13.5. The number of pyridine rings is 1. The minimum atomic E-state index is -0.570. The molecule has 3 aromatic rings. The quantitative estimate of drug-likeness (QED) is 0.652. The highest BCUT2D eigenvalue weighted by Gasteiger charge is 2.22. The smallest absolute Gasteiger partial charge is 0.242 e. The number of carbonyl (C=O) groups excluding carboxylic acids is 1. The number of amides is 1. The van der Waals surface area contributed by atoms with Crippen molar-refractivity contribution in [1.29, 1.82) is 0 Å². The van der Waals surface area contributed by atoms with E-state index in [-0.39, 0.29) is 11.7 Å². The number of aromatic nitrogens is 1. The van der Waals surface area contributed by atoms with Crippen LogP contribution in [0.5, 0.6) is 5.75 Å². The Morgan fingerprint density at radius 2 is 1.96 bits per heavy atom. The maximum Gasteiger partial charge on any atom is 0.242 e. The van der Waals surface area contributed by atoms with Crippen LogP contribution in [0.25, 0.3) is 10.9 Å². The van der Waals surface area contributed by atoms with E-state index in [0.717, 1.165) is 10.9 Å². The van der Waals surface area contributed by atoms with Gasteiger partial charge in [0.2, 0.25) is 5.91 Å². The van der Waals surface area contributed by atoms with E-state index in [1.54, 1.807) is 37.3 Å². The van der Waals surface area contributed by atoms with Crippen LogP contribution < -0.4 is 10.1 Å². The van der Waals surface area contributed by atoms with E-state index in [0.29, 0.717) is 24.5 Å². The summed E-state index contributed by atoms with van der Waals surface area (Å²) in [5.41, 5.74) is 1.40. The highest BCUT2D eigenvalue weighted by atomic mass is 19.1. The Kier molecular flexibility index (Phi) is 5.98. The maximum absolute atomic E-state index is 13.5. The van der Waals surface area contributed by atoms with E-state index in [2.05, 4.69) is 10.3 Å². The van der Waals surface area contributed by atoms with E-state index < -0.39 is 6.04 Å². The van der Waals surface area contributed by atoms with Crippen LogP contribution in [0, 0.1) is 5.82 Å². The Morgan fingerprint density at radius 1 is 1.19 bits per heavy atom. The molecule has 0 bridgehead atoms. The normalized spacial score (nSPS) is 12.1. The number of likely N-dealkylation sites (N-methyl/N-ethyl adjacent to an activating group) is 1. The van der Waals surface area contributed by atoms with Crippen molar-refractivity contribution in [1.82, 2.24) is 15.2 Å². The number of hydrogen-bond donors (Lipinski definition) is 1. The minimum Gasteiger partial charge on any atom is -0.489 e. The molecular formula is C21H22FN3O2. The lowest BCUT2D eigenvalue weighted by atomic mass is 10.1. The van der Waals surface area contributed by atoms with Crippen molar-refractivity contribution in [3.05, 3.63) is 72.2 Å². The van der Waals surface area contributed by atoms with Crippen molar-refractivity contribution in [2.45, 2.75) is 6.04 Å². The van der Waals surface area contributed by atoms with Crippen LogP contribution in [0.2, 0.25) is 0 Å². The van der Waals surface area contributed by atoms with Crippen molar-refractivity contribution in [3.8, 4) is 5.75 Å². The number of nitrogens with one attached hydrogen (secondary N) is 1. The molecule has 2 aromatic carbocycles. The molecule has 1 N–H and O–H groups in total. The van der Waals surface area contributed by atoms with Crippen molar-refractivity contribution >= 4 is 16.8 Å². The molecule has 0 fully saturated rings. The van der Waals surface area contributed by atoms with Crippen LogP contribution in [0.1, 0.15) is 11.6 Å². The number of benzene rings is 2. The zero-order chi connectivity index (χ0) is 19.2. The second-order valence-corrected chi connectivity index (χ2v) is 6.39. The summed E-state index contributed by atoms with van der Waals surface area (Å²) in [6.45, 7) is 0.645. The van der Waals surface area contributed by atoms with Gasteiger partial charge in [-0.1, -0.05) is 30.3 Å². The predicted octanol–water partition coefficient (Wildman–Crippen LogP) is 3.17. The van der Waals surface area contributed by atoms with Crippen LogP contribution in [-0.2, 0) is 4.79 Å². The molecule has 1 heterocycles. The number of nitrogens with zero attached hydrogens (tertiary/aromatic N) is 2. The van der Waals surface area contributed by atoms with Gasteiger partial charge < -0.3 is 10.1 Å². The second kappa shape index (κ2) is 8.60. The molecule has 140 valence electrons. The van der Waals surface area contributed by atoms with Gasteiger partial charge in [0.05, 0.1) is 6.54 Å². The van der Waals surface area contributed by atoms with Crippen molar-refractivity contribution < 1.29 is 13.9 Å². The Labute approximate surface area is 157 Å². The summed E-state index contributed by atoms with van der Waals surface area (Å²) < 4.78 is 19.3. The molecule has 1 atom stereocenters. The Bertz CT molecular complexity index is 925. The SMILES string of the molecule is CN(C)C(C(=O)NCCOc1cccc2cccnc12)c1cccc(F)c1. The lowest BCUT2D eigenvalue weighted by Gasteiger charge is -2.24. The van der Waals surface area contributed by atoms with Crippen molar-refractivity contribution in [3.63, 3.8) is 0 Å². The van der Waals surface area contributed by atoms with Gasteiger partial charge in [0, 0.05) is 11.6 Å². The molecule has 0 spiro atoms. The highest BCUT2D eigenvalue weighted by molar-refractivity contribution is 5.84. The first-order valence-corrected chi connectivity index (χ1v) is 8.72. The highest BCUT2D eigenvalue weighted by Crippen LogP contribution is 2.23. The van der Waals surface area contributed by atoms with E-state index in [1.807, 2.05) is 30.3 Å². The predicted molar refractivity (Wildman–Crippen MR) is 103 cm³/mol. The van der Waals surface area contributed by atoms with Gasteiger partial charge in [-0.15, -0.1) is 0 Å². The summed E-state index contributed by atoms with van der Waals surface area (Å²) in [7, 11) is 3.57. The van der Waals surface area contributed by atoms with E-state index in [4.69, 9.17) is 4.74 Å². The topological polar surface area (TPSA) is 54.5 Å². The Hall–Kier alpha value is -2.99. The molecular weight excluding hydrogens is 345 g/mol. The van der Waals surface area contributed by atoms with Crippen molar-refractivity contribution in [2.24, 2.45) is 0 Å². The molecule has 0 saturated heterocycles. The average Bonchev–Trinajstić information content (AvgIpc) is 2.65. The summed E-state index contributed by atoms with van der Waals surface area (Å²) >= 11 is 0. The molecule has 1 aromatic heterocycles. The van der Waals surface area contributed by atoms with Gasteiger partial charge in [-0.25, -0.2) is 4.39 Å². The fraction of sp³-hybridized carbons (Fsp3) is 0.238. The third kappa shape index (κ3) is 4.60. The monoisotopic (exact) mass is 367 g/mol. The molecule has 5 nitrogen and oxygen atoms in total. The molecule has 0 radical (unpaired) electrons. The van der Waals surface area contributed by atoms with Crippen LogP contribution >= 0.6 is 0 Å². The summed E-state index contributed by atoms with van der Waals surface area (Å²) in [5, 5.41) is 3.85. The molecule has 0 aliphatic rings. The van der Waals surface area contributed by atoms with Crippen LogP contribution in [-0.4, -0.2) is 43.0 Å². The number of carbonyl (C=O) groups is 1. The van der Waals surface area contributed by atoms with E-state index in [1.165, 1.54) is 12.1 Å². The first-order chi connectivity index (χ1) is 13.1. The average molecular weight is 367 g/mol. The zero-order valence-corrected chi connectivity index (χ0v) is 15.4. The summed E-state index contributed by atoms with van der Waals surface area (Å²) in [5.74, 6) is 0.112. The molecule has 27 heavy (non-hydrogen) atoms. The third-order valence-electron chi connectivity index (χ3n) is 4.18. The lowest BCUT2D eigenvalue weighted by molar-refractivity contribution is -0.125. The molecule has 6 heteroatoms. The fourth-order valence-electron chi connectivity index (χ4n) is 2.99. The molecule has 1 unspecified atom stereocenters. The van der Waals surface area contributed by atoms with E-state index >= 15 is 0 Å². The summed E-state index contributed by atoms with van der Waals surface area (Å²) in [6, 6.07) is 15.1. The van der Waals surface area contributed by atoms with Crippen LogP contribution in [0.4, 0.5) is 4.39 Å². The van der Waals surface area contributed by atoms with Crippen LogP contribution in [0.3, 0.4) is 0 Å². The third-order valence-corrected chi connectivity index (χ3v) is 4.18.